The molecule has 1 aliphatic heterocycles. The first-order valence-electron chi connectivity index (χ1n) is 12.1. The van der Waals surface area contributed by atoms with Crippen molar-refractivity contribution in [1.82, 2.24) is 4.57 Å². The normalized spacial score (nSPS) is 15.3. The molecular formula is C28H29BrN2O6S. The number of methoxy groups -OCH3 is 2. The van der Waals surface area contributed by atoms with E-state index in [0.717, 1.165) is 10.0 Å². The number of thiazole rings is 1. The van der Waals surface area contributed by atoms with Gasteiger partial charge in [0.15, 0.2) is 16.3 Å². The number of allylic oxidation sites excluding steroid dienone is 1. The van der Waals surface area contributed by atoms with E-state index in [4.69, 9.17) is 18.9 Å². The summed E-state index contributed by atoms with van der Waals surface area (Å²) >= 11 is 4.73. The quantitative estimate of drug-likeness (QED) is 0.357. The first-order chi connectivity index (χ1) is 18.2. The van der Waals surface area contributed by atoms with E-state index >= 15 is 0 Å². The maximum absolute atomic E-state index is 13.9. The van der Waals surface area contributed by atoms with Crippen LogP contribution in [0.15, 0.2) is 61.9 Å². The molecule has 2 aromatic carbocycles. The number of halogens is 1. The van der Waals surface area contributed by atoms with Crippen molar-refractivity contribution in [3.05, 3.63) is 83.0 Å². The molecule has 1 aliphatic rings. The Bertz CT molecular complexity index is 1590. The number of carbonyl (C=O) groups is 1. The minimum absolute atomic E-state index is 0.0559. The Hall–Kier alpha value is -3.37. The van der Waals surface area contributed by atoms with Gasteiger partial charge in [0.05, 0.1) is 48.8 Å². The van der Waals surface area contributed by atoms with E-state index in [0.29, 0.717) is 43.4 Å². The molecule has 0 radical (unpaired) electrons. The molecule has 200 valence electrons. The average molecular weight is 602 g/mol. The molecule has 0 saturated heterocycles. The minimum atomic E-state index is -0.765. The molecule has 1 aromatic heterocycles. The van der Waals surface area contributed by atoms with Crippen LogP contribution in [0.5, 0.6) is 17.2 Å². The van der Waals surface area contributed by atoms with Gasteiger partial charge in [-0.2, -0.15) is 0 Å². The number of nitrogens with zero attached hydrogens (tertiary/aromatic N) is 2. The van der Waals surface area contributed by atoms with E-state index in [1.165, 1.54) is 15.9 Å². The number of benzene rings is 2. The molecule has 0 N–H and O–H groups in total. The second kappa shape index (κ2) is 11.6. The second-order valence-electron chi connectivity index (χ2n) is 8.77. The van der Waals surface area contributed by atoms with Gasteiger partial charge in [0, 0.05) is 10.0 Å². The number of hydrogen-bond donors (Lipinski definition) is 0. The molecule has 0 spiro atoms. The summed E-state index contributed by atoms with van der Waals surface area (Å²) in [6.07, 6.45) is 1.72. The lowest BCUT2D eigenvalue weighted by molar-refractivity contribution is -0.139. The van der Waals surface area contributed by atoms with Gasteiger partial charge in [-0.25, -0.2) is 9.79 Å². The van der Waals surface area contributed by atoms with Crippen molar-refractivity contribution in [1.29, 1.82) is 0 Å². The molecule has 3 aromatic rings. The predicted octanol–water partition coefficient (Wildman–Crippen LogP) is 4.37. The summed E-state index contributed by atoms with van der Waals surface area (Å²) in [6, 6.07) is 10.2. The molecular weight excluding hydrogens is 572 g/mol. The van der Waals surface area contributed by atoms with Crippen LogP contribution in [0, 0.1) is 0 Å². The van der Waals surface area contributed by atoms with Crippen molar-refractivity contribution in [2.45, 2.75) is 39.8 Å². The average Bonchev–Trinajstić information content (AvgIpc) is 3.17. The fourth-order valence-corrected chi connectivity index (χ4v) is 5.69. The van der Waals surface area contributed by atoms with Crippen LogP contribution in [-0.2, 0) is 9.53 Å². The summed E-state index contributed by atoms with van der Waals surface area (Å²) in [7, 11) is 3.13. The monoisotopic (exact) mass is 600 g/mol. The summed E-state index contributed by atoms with van der Waals surface area (Å²) in [6.45, 7) is 7.54. The van der Waals surface area contributed by atoms with Crippen LogP contribution in [0.1, 0.15) is 44.9 Å². The van der Waals surface area contributed by atoms with E-state index in [1.54, 1.807) is 46.3 Å². The number of ether oxygens (including phenoxy) is 4. The summed E-state index contributed by atoms with van der Waals surface area (Å²) in [5.41, 5.74) is 1.91. The molecule has 10 heteroatoms. The number of fused-ring (bicyclic) bond motifs is 1. The van der Waals surface area contributed by atoms with E-state index in [1.807, 2.05) is 38.1 Å². The van der Waals surface area contributed by atoms with Crippen LogP contribution in [0.4, 0.5) is 0 Å². The Morgan fingerprint density at radius 2 is 1.84 bits per heavy atom. The molecule has 0 amide bonds. The van der Waals surface area contributed by atoms with Gasteiger partial charge in [-0.3, -0.25) is 9.36 Å². The molecule has 0 aliphatic carbocycles. The summed E-state index contributed by atoms with van der Waals surface area (Å²) in [5.74, 6) is 1.17. The molecule has 38 heavy (non-hydrogen) atoms. The third-order valence-corrected chi connectivity index (χ3v) is 7.34. The first-order valence-corrected chi connectivity index (χ1v) is 13.7. The molecule has 0 saturated carbocycles. The Morgan fingerprint density at radius 3 is 2.50 bits per heavy atom. The van der Waals surface area contributed by atoms with Crippen molar-refractivity contribution < 1.29 is 23.7 Å². The molecule has 0 unspecified atom stereocenters. The molecule has 8 nitrogen and oxygen atoms in total. The van der Waals surface area contributed by atoms with Crippen molar-refractivity contribution in [3.63, 3.8) is 0 Å². The van der Waals surface area contributed by atoms with Gasteiger partial charge >= 0.3 is 5.97 Å². The number of esters is 1. The highest BCUT2D eigenvalue weighted by molar-refractivity contribution is 9.10. The zero-order chi connectivity index (χ0) is 27.6. The Kier molecular flexibility index (Phi) is 8.42. The zero-order valence-electron chi connectivity index (χ0n) is 22.0. The van der Waals surface area contributed by atoms with Crippen LogP contribution in [0.25, 0.3) is 6.08 Å². The maximum atomic E-state index is 13.9. The highest BCUT2D eigenvalue weighted by Gasteiger charge is 2.34. The SMILES string of the molecule is CCOC(=O)C1=C(C)N=c2s/c(=C/c3cc(Br)ccc3OC)c(=O)n2[C@H]1c1ccc(OC(C)C)c(OC)c1. The van der Waals surface area contributed by atoms with Crippen molar-refractivity contribution in [2.75, 3.05) is 20.8 Å². The molecule has 0 fully saturated rings. The smallest absolute Gasteiger partial charge is 0.338 e. The van der Waals surface area contributed by atoms with Crippen LogP contribution < -0.4 is 29.1 Å². The third-order valence-electron chi connectivity index (χ3n) is 5.86. The lowest BCUT2D eigenvalue weighted by Gasteiger charge is -2.25. The summed E-state index contributed by atoms with van der Waals surface area (Å²) < 4.78 is 25.2. The fourth-order valence-electron chi connectivity index (χ4n) is 4.27. The first kappa shape index (κ1) is 27.7. The zero-order valence-corrected chi connectivity index (χ0v) is 24.4. The maximum Gasteiger partial charge on any atom is 0.338 e. The third kappa shape index (κ3) is 5.42. The summed E-state index contributed by atoms with van der Waals surface area (Å²) in [5, 5.41) is 0. The molecule has 0 bridgehead atoms. The lowest BCUT2D eigenvalue weighted by Crippen LogP contribution is -2.40. The van der Waals surface area contributed by atoms with E-state index in [9.17, 15) is 9.59 Å². The Balaban J connectivity index is 1.97. The Labute approximate surface area is 233 Å². The Morgan fingerprint density at radius 1 is 1.13 bits per heavy atom. The van der Waals surface area contributed by atoms with Gasteiger partial charge in [-0.15, -0.1) is 0 Å². The van der Waals surface area contributed by atoms with Gasteiger partial charge in [-0.05, 0) is 69.7 Å². The highest BCUT2D eigenvalue weighted by atomic mass is 79.9. The topological polar surface area (TPSA) is 88.4 Å². The van der Waals surface area contributed by atoms with Gasteiger partial charge in [0.2, 0.25) is 0 Å². The molecule has 4 rings (SSSR count). The fraction of sp³-hybridized carbons (Fsp3) is 0.321. The summed E-state index contributed by atoms with van der Waals surface area (Å²) in [4.78, 5) is 32.2. The van der Waals surface area contributed by atoms with Gasteiger partial charge in [0.1, 0.15) is 5.75 Å². The van der Waals surface area contributed by atoms with Crippen molar-refractivity contribution in [2.24, 2.45) is 4.99 Å². The lowest BCUT2D eigenvalue weighted by atomic mass is 9.95. The van der Waals surface area contributed by atoms with Crippen molar-refractivity contribution >= 4 is 39.3 Å². The number of hydrogen-bond acceptors (Lipinski definition) is 8. The van der Waals surface area contributed by atoms with Crippen LogP contribution in [-0.4, -0.2) is 37.5 Å². The van der Waals surface area contributed by atoms with Crippen molar-refractivity contribution in [3.8, 4) is 17.2 Å². The van der Waals surface area contributed by atoms with Crippen LogP contribution in [0.2, 0.25) is 0 Å². The van der Waals surface area contributed by atoms with Gasteiger partial charge < -0.3 is 18.9 Å². The highest BCUT2D eigenvalue weighted by Crippen LogP contribution is 2.36. The molecule has 1 atom stereocenters. The molecule has 2 heterocycles. The standard InChI is InChI=1S/C28H29BrN2O6S/c1-7-36-27(33)24-16(4)30-28-31(25(24)17-8-10-21(37-15(2)3)22(13-17)35-6)26(32)23(38-28)14-18-12-19(29)9-11-20(18)34-5/h8-15,25H,7H2,1-6H3/b23-14+/t25-/m0/s1. The van der Waals surface area contributed by atoms with Crippen LogP contribution in [0.3, 0.4) is 0 Å². The van der Waals surface area contributed by atoms with Gasteiger partial charge in [0.25, 0.3) is 5.56 Å². The number of carbonyl (C=O) groups excluding carboxylic acids is 1. The van der Waals surface area contributed by atoms with E-state index in [2.05, 4.69) is 20.9 Å². The van der Waals surface area contributed by atoms with Crippen LogP contribution >= 0.6 is 27.3 Å². The largest absolute Gasteiger partial charge is 0.496 e. The van der Waals surface area contributed by atoms with E-state index in [-0.39, 0.29) is 18.3 Å². The number of rotatable bonds is 8. The minimum Gasteiger partial charge on any atom is -0.496 e. The van der Waals surface area contributed by atoms with Gasteiger partial charge in [-0.1, -0.05) is 33.3 Å². The second-order valence-corrected chi connectivity index (χ2v) is 10.7. The van der Waals surface area contributed by atoms with E-state index < -0.39 is 12.0 Å². The number of aromatic nitrogens is 1. The predicted molar refractivity (Wildman–Crippen MR) is 150 cm³/mol.